The van der Waals surface area contributed by atoms with E-state index in [0.717, 1.165) is 29.7 Å². The highest BCUT2D eigenvalue weighted by atomic mass is 32.1. The summed E-state index contributed by atoms with van der Waals surface area (Å²) in [7, 11) is 1.68. The fraction of sp³-hybridized carbons (Fsp3) is 0.412. The van der Waals surface area contributed by atoms with E-state index >= 15 is 0 Å². The van der Waals surface area contributed by atoms with Gasteiger partial charge in [-0.3, -0.25) is 19.7 Å². The first-order chi connectivity index (χ1) is 12.0. The van der Waals surface area contributed by atoms with Crippen LogP contribution >= 0.6 is 11.3 Å². The number of nitrogens with zero attached hydrogens (tertiary/aromatic N) is 4. The Balaban J connectivity index is 1.81. The first kappa shape index (κ1) is 16.0. The molecule has 0 radical (unpaired) electrons. The second kappa shape index (κ2) is 5.80. The molecule has 7 nitrogen and oxygen atoms in total. The second-order valence-electron chi connectivity index (χ2n) is 6.61. The molecule has 1 atom stereocenters. The Morgan fingerprint density at radius 1 is 1.44 bits per heavy atom. The molecule has 0 aliphatic heterocycles. The van der Waals surface area contributed by atoms with Crippen LogP contribution in [0, 0.1) is 12.8 Å². The molecule has 0 unspecified atom stereocenters. The van der Waals surface area contributed by atoms with E-state index in [0.29, 0.717) is 22.8 Å². The molecular formula is C17H19N5O2S. The van der Waals surface area contributed by atoms with Crippen LogP contribution in [-0.4, -0.2) is 25.3 Å². The molecule has 3 aromatic rings. The maximum Gasteiger partial charge on any atom is 0.288 e. The zero-order valence-electron chi connectivity index (χ0n) is 14.4. The molecule has 1 amide bonds. The quantitative estimate of drug-likeness (QED) is 0.761. The first-order valence-electron chi connectivity index (χ1n) is 8.29. The molecule has 4 rings (SSSR count). The van der Waals surface area contributed by atoms with Crippen LogP contribution in [0.1, 0.15) is 40.1 Å². The van der Waals surface area contributed by atoms with Crippen molar-refractivity contribution in [3.63, 3.8) is 0 Å². The van der Waals surface area contributed by atoms with Gasteiger partial charge in [0.1, 0.15) is 16.3 Å². The monoisotopic (exact) mass is 357 g/mol. The average Bonchev–Trinajstić information content (AvgIpc) is 3.13. The molecule has 1 aliphatic rings. The van der Waals surface area contributed by atoms with Gasteiger partial charge >= 0.3 is 0 Å². The van der Waals surface area contributed by atoms with Crippen LogP contribution in [0.15, 0.2) is 17.1 Å². The summed E-state index contributed by atoms with van der Waals surface area (Å²) in [5, 5.41) is 4.64. The van der Waals surface area contributed by atoms with Crippen molar-refractivity contribution in [1.82, 2.24) is 19.4 Å². The Bertz CT molecular complexity index is 1050. The lowest BCUT2D eigenvalue weighted by Gasteiger charge is -2.17. The molecule has 25 heavy (non-hydrogen) atoms. The van der Waals surface area contributed by atoms with E-state index in [1.54, 1.807) is 37.6 Å². The molecule has 3 aromatic heterocycles. The van der Waals surface area contributed by atoms with Gasteiger partial charge in [0.05, 0.1) is 5.39 Å². The van der Waals surface area contributed by atoms with E-state index < -0.39 is 0 Å². The normalized spacial score (nSPS) is 16.8. The molecule has 0 fully saturated rings. The molecule has 8 heteroatoms. The lowest BCUT2D eigenvalue weighted by atomic mass is 9.89. The summed E-state index contributed by atoms with van der Waals surface area (Å²) in [6.07, 6.45) is 4.51. The van der Waals surface area contributed by atoms with Crippen molar-refractivity contribution in [3.05, 3.63) is 44.6 Å². The molecule has 1 aliphatic carbocycles. The summed E-state index contributed by atoms with van der Waals surface area (Å²) < 4.78 is 2.72. The highest BCUT2D eigenvalue weighted by molar-refractivity contribution is 7.18. The topological polar surface area (TPSA) is 81.8 Å². The predicted molar refractivity (Wildman–Crippen MR) is 96.7 cm³/mol. The zero-order valence-corrected chi connectivity index (χ0v) is 15.2. The predicted octanol–water partition coefficient (Wildman–Crippen LogP) is 2.01. The molecule has 130 valence electrons. The molecule has 0 saturated carbocycles. The maximum absolute atomic E-state index is 13.0. The number of thiophene rings is 1. The molecular weight excluding hydrogens is 338 g/mol. The van der Waals surface area contributed by atoms with Gasteiger partial charge < -0.3 is 0 Å². The van der Waals surface area contributed by atoms with Gasteiger partial charge in [0.2, 0.25) is 0 Å². The van der Waals surface area contributed by atoms with E-state index in [2.05, 4.69) is 22.4 Å². The fourth-order valence-corrected chi connectivity index (χ4v) is 4.80. The third-order valence-electron chi connectivity index (χ3n) is 4.76. The van der Waals surface area contributed by atoms with Crippen LogP contribution < -0.4 is 11.0 Å². The van der Waals surface area contributed by atoms with Crippen LogP contribution in [0.3, 0.4) is 0 Å². The van der Waals surface area contributed by atoms with Gasteiger partial charge in [0.25, 0.3) is 11.5 Å². The summed E-state index contributed by atoms with van der Waals surface area (Å²) in [6, 6.07) is 1.61. The van der Waals surface area contributed by atoms with Crippen LogP contribution in [0.5, 0.6) is 0 Å². The molecule has 0 bridgehead atoms. The number of aryl methyl sites for hydroxylation is 3. The molecule has 3 heterocycles. The van der Waals surface area contributed by atoms with Gasteiger partial charge in [0, 0.05) is 18.1 Å². The van der Waals surface area contributed by atoms with Gasteiger partial charge in [0.15, 0.2) is 0 Å². The number of amides is 1. The largest absolute Gasteiger partial charge is 0.288 e. The van der Waals surface area contributed by atoms with E-state index in [9.17, 15) is 9.59 Å². The third-order valence-corrected chi connectivity index (χ3v) is 5.91. The number of fused-ring (bicyclic) bond motifs is 3. The van der Waals surface area contributed by atoms with Crippen molar-refractivity contribution in [1.29, 1.82) is 0 Å². The van der Waals surface area contributed by atoms with Crippen molar-refractivity contribution in [2.45, 2.75) is 33.1 Å². The van der Waals surface area contributed by atoms with Crippen LogP contribution in [-0.2, 0) is 19.9 Å². The van der Waals surface area contributed by atoms with Gasteiger partial charge in [-0.2, -0.15) is 5.10 Å². The van der Waals surface area contributed by atoms with Gasteiger partial charge in [-0.1, -0.05) is 6.92 Å². The summed E-state index contributed by atoms with van der Waals surface area (Å²) in [4.78, 5) is 32.1. The minimum absolute atomic E-state index is 0.204. The van der Waals surface area contributed by atoms with Crippen LogP contribution in [0.2, 0.25) is 0 Å². The smallest absolute Gasteiger partial charge is 0.267 e. The summed E-state index contributed by atoms with van der Waals surface area (Å²) in [6.45, 7) is 3.96. The maximum atomic E-state index is 13.0. The van der Waals surface area contributed by atoms with Crippen molar-refractivity contribution in [2.75, 3.05) is 5.43 Å². The van der Waals surface area contributed by atoms with Gasteiger partial charge in [-0.25, -0.2) is 9.66 Å². The Morgan fingerprint density at radius 3 is 2.96 bits per heavy atom. The summed E-state index contributed by atoms with van der Waals surface area (Å²) in [5.74, 6) is 0.720. The van der Waals surface area contributed by atoms with Crippen molar-refractivity contribution >= 4 is 27.5 Å². The number of carbonyl (C=O) groups is 1. The minimum Gasteiger partial charge on any atom is -0.267 e. The SMILES string of the molecule is Cc1nc2sc3c(c2c(=O)n1NC(=O)c1ccnn1C)CC[C@H](C)C3. The Kier molecular flexibility index (Phi) is 3.72. The summed E-state index contributed by atoms with van der Waals surface area (Å²) >= 11 is 1.61. The second-order valence-corrected chi connectivity index (χ2v) is 7.70. The van der Waals surface area contributed by atoms with Crippen molar-refractivity contribution < 1.29 is 4.79 Å². The highest BCUT2D eigenvalue weighted by Gasteiger charge is 2.24. The Morgan fingerprint density at radius 2 is 2.24 bits per heavy atom. The van der Waals surface area contributed by atoms with E-state index in [4.69, 9.17) is 0 Å². The first-order valence-corrected chi connectivity index (χ1v) is 9.10. The molecule has 0 saturated heterocycles. The van der Waals surface area contributed by atoms with Crippen LogP contribution in [0.25, 0.3) is 10.2 Å². The lowest BCUT2D eigenvalue weighted by Crippen LogP contribution is -2.36. The summed E-state index contributed by atoms with van der Waals surface area (Å²) in [5.41, 5.74) is 3.95. The standard InChI is InChI=1S/C17H19N5O2S/c1-9-4-5-11-13(8-9)25-16-14(11)17(24)22(10(2)19-16)20-15(23)12-6-7-18-21(12)3/h6-7,9H,4-5,8H2,1-3H3,(H,20,23)/t9-/m0/s1. The van der Waals surface area contributed by atoms with Crippen molar-refractivity contribution in [3.8, 4) is 0 Å². The zero-order chi connectivity index (χ0) is 17.7. The lowest BCUT2D eigenvalue weighted by molar-refractivity contribution is 0.0997. The number of hydrogen-bond donors (Lipinski definition) is 1. The van der Waals surface area contributed by atoms with E-state index in [-0.39, 0.29) is 11.5 Å². The number of hydrogen-bond acceptors (Lipinski definition) is 5. The van der Waals surface area contributed by atoms with Gasteiger partial charge in [-0.15, -0.1) is 11.3 Å². The average molecular weight is 357 g/mol. The number of carbonyl (C=O) groups excluding carboxylic acids is 1. The molecule has 0 aromatic carbocycles. The number of aromatic nitrogens is 4. The number of nitrogens with one attached hydrogen (secondary N) is 1. The Hall–Kier alpha value is -2.48. The van der Waals surface area contributed by atoms with E-state index in [1.165, 1.54) is 14.2 Å². The molecule has 0 spiro atoms. The fourth-order valence-electron chi connectivity index (χ4n) is 3.38. The number of rotatable bonds is 2. The minimum atomic E-state index is -0.385. The molecule has 1 N–H and O–H groups in total. The Labute approximate surface area is 148 Å². The van der Waals surface area contributed by atoms with Gasteiger partial charge in [-0.05, 0) is 43.7 Å². The van der Waals surface area contributed by atoms with Crippen molar-refractivity contribution in [2.24, 2.45) is 13.0 Å². The highest BCUT2D eigenvalue weighted by Crippen LogP contribution is 2.35. The third kappa shape index (κ3) is 2.57. The van der Waals surface area contributed by atoms with E-state index in [1.807, 2.05) is 0 Å². The van der Waals surface area contributed by atoms with Crippen LogP contribution in [0.4, 0.5) is 0 Å².